The second kappa shape index (κ2) is 12.4. The Morgan fingerprint density at radius 2 is 1.62 bits per heavy atom. The lowest BCUT2D eigenvalue weighted by atomic mass is 10.1. The Morgan fingerprint density at radius 1 is 1.03 bits per heavy atom. The molecule has 2 heterocycles. The number of carbonyl (C=O) groups is 1. The summed E-state index contributed by atoms with van der Waals surface area (Å²) in [5.74, 6) is -0.520. The highest BCUT2D eigenvalue weighted by atomic mass is 35.5. The van der Waals surface area contributed by atoms with E-state index in [-0.39, 0.29) is 11.1 Å². The average molecular weight is 481 g/mol. The van der Waals surface area contributed by atoms with Crippen LogP contribution in [0.4, 0.5) is 20.6 Å². The molecule has 9 heteroatoms. The number of hydrogen-bond acceptors (Lipinski definition) is 5. The number of nitrogens with one attached hydrogen (secondary N) is 2. The summed E-state index contributed by atoms with van der Waals surface area (Å²) < 4.78 is 15.4. The number of benzene rings is 2. The fourth-order valence-electron chi connectivity index (χ4n) is 3.39. The first-order valence-electron chi connectivity index (χ1n) is 10.8. The van der Waals surface area contributed by atoms with Crippen LogP contribution in [0.15, 0.2) is 47.4 Å². The number of piperidine rings is 1. The van der Waals surface area contributed by atoms with Gasteiger partial charge in [0.05, 0.1) is 11.1 Å². The number of aliphatic hydroxyl groups excluding tert-OH is 1. The number of likely N-dealkylation sites (tertiary alicyclic amines) is 1. The monoisotopic (exact) mass is 480 g/mol. The molecule has 0 radical (unpaired) electrons. The minimum absolute atomic E-state index is 0.0220. The Labute approximate surface area is 198 Å². The van der Waals surface area contributed by atoms with Crippen molar-refractivity contribution in [3.63, 3.8) is 0 Å². The first-order valence-corrected chi connectivity index (χ1v) is 12.0. The number of aliphatic hydroxyl groups is 1. The molecule has 0 spiro atoms. The Balaban J connectivity index is 0.000000305. The molecule has 0 bridgehead atoms. The van der Waals surface area contributed by atoms with E-state index in [9.17, 15) is 9.18 Å². The van der Waals surface area contributed by atoms with Crippen LogP contribution in [-0.4, -0.2) is 59.7 Å². The van der Waals surface area contributed by atoms with Gasteiger partial charge in [-0.1, -0.05) is 11.6 Å². The van der Waals surface area contributed by atoms with Crippen LogP contribution >= 0.6 is 23.5 Å². The SMILES string of the molecule is CN1CCC(O)CC1.O=C(Nc1ccc(SN2CCCC2)cc1)Nc1ccc(F)c(Cl)c1. The van der Waals surface area contributed by atoms with Gasteiger partial charge < -0.3 is 20.6 Å². The fraction of sp³-hybridized carbons (Fsp3) is 0.435. The minimum Gasteiger partial charge on any atom is -0.393 e. The molecule has 4 rings (SSSR count). The van der Waals surface area contributed by atoms with Crippen molar-refractivity contribution >= 4 is 41.0 Å². The van der Waals surface area contributed by atoms with Crippen molar-refractivity contribution in [2.45, 2.75) is 36.7 Å². The van der Waals surface area contributed by atoms with Crippen LogP contribution < -0.4 is 10.6 Å². The van der Waals surface area contributed by atoms with Gasteiger partial charge in [-0.05, 0) is 87.1 Å². The summed E-state index contributed by atoms with van der Waals surface area (Å²) in [6.45, 7) is 4.35. The molecule has 6 nitrogen and oxygen atoms in total. The van der Waals surface area contributed by atoms with E-state index in [1.165, 1.54) is 31.0 Å². The number of rotatable bonds is 4. The highest BCUT2D eigenvalue weighted by Crippen LogP contribution is 2.27. The molecule has 2 aliphatic heterocycles. The number of halogens is 2. The van der Waals surface area contributed by atoms with E-state index in [4.69, 9.17) is 16.7 Å². The van der Waals surface area contributed by atoms with Gasteiger partial charge in [-0.2, -0.15) is 0 Å². The quantitative estimate of drug-likeness (QED) is 0.518. The van der Waals surface area contributed by atoms with Crippen LogP contribution in [0.3, 0.4) is 0 Å². The van der Waals surface area contributed by atoms with Crippen LogP contribution in [0.25, 0.3) is 0 Å². The first-order chi connectivity index (χ1) is 15.4. The smallest absolute Gasteiger partial charge is 0.323 e. The second-order valence-corrected chi connectivity index (χ2v) is 9.57. The molecule has 32 heavy (non-hydrogen) atoms. The molecule has 0 unspecified atom stereocenters. The van der Waals surface area contributed by atoms with Gasteiger partial charge in [0.1, 0.15) is 5.82 Å². The summed E-state index contributed by atoms with van der Waals surface area (Å²) in [5, 5.41) is 14.3. The lowest BCUT2D eigenvalue weighted by Gasteiger charge is -2.25. The molecule has 2 fully saturated rings. The van der Waals surface area contributed by atoms with E-state index in [0.29, 0.717) is 11.4 Å². The molecular formula is C23H30ClFN4O2S. The highest BCUT2D eigenvalue weighted by Gasteiger charge is 2.13. The second-order valence-electron chi connectivity index (χ2n) is 7.99. The van der Waals surface area contributed by atoms with Gasteiger partial charge >= 0.3 is 6.03 Å². The topological polar surface area (TPSA) is 67.8 Å². The molecule has 0 aliphatic carbocycles. The van der Waals surface area contributed by atoms with E-state index in [0.717, 1.165) is 43.9 Å². The van der Waals surface area contributed by atoms with E-state index in [2.05, 4.69) is 26.9 Å². The Kier molecular flexibility index (Phi) is 9.62. The lowest BCUT2D eigenvalue weighted by Crippen LogP contribution is -2.32. The molecule has 3 N–H and O–H groups in total. The number of carbonyl (C=O) groups excluding carboxylic acids is 1. The molecule has 2 aromatic carbocycles. The molecule has 174 valence electrons. The Bertz CT molecular complexity index is 863. The largest absolute Gasteiger partial charge is 0.393 e. The van der Waals surface area contributed by atoms with Crippen molar-refractivity contribution in [2.24, 2.45) is 0 Å². The van der Waals surface area contributed by atoms with Gasteiger partial charge in [0, 0.05) is 42.4 Å². The molecule has 0 atom stereocenters. The van der Waals surface area contributed by atoms with E-state index in [1.807, 2.05) is 24.3 Å². The predicted molar refractivity (Wildman–Crippen MR) is 130 cm³/mol. The zero-order valence-electron chi connectivity index (χ0n) is 18.2. The third kappa shape index (κ3) is 8.26. The summed E-state index contributed by atoms with van der Waals surface area (Å²) in [6, 6.07) is 11.3. The van der Waals surface area contributed by atoms with Crippen molar-refractivity contribution in [1.29, 1.82) is 0 Å². The normalized spacial score (nSPS) is 17.5. The van der Waals surface area contributed by atoms with Crippen LogP contribution in [-0.2, 0) is 0 Å². The standard InChI is InChI=1S/C17H17ClFN3OS.C6H13NO/c18-15-11-13(5-8-16(15)19)21-17(23)20-12-3-6-14(7-4-12)24-22-9-1-2-10-22;1-7-4-2-6(8)3-5-7/h3-8,11H,1-2,9-10H2,(H2,20,21,23);6,8H,2-5H2,1H3. The Hall–Kier alpha value is -1.84. The number of hydrogen-bond donors (Lipinski definition) is 3. The zero-order chi connectivity index (χ0) is 22.9. The maximum atomic E-state index is 13.1. The summed E-state index contributed by atoms with van der Waals surface area (Å²) in [7, 11) is 2.09. The third-order valence-electron chi connectivity index (χ3n) is 5.28. The Morgan fingerprint density at radius 3 is 2.22 bits per heavy atom. The van der Waals surface area contributed by atoms with Crippen LogP contribution in [0.1, 0.15) is 25.7 Å². The van der Waals surface area contributed by atoms with E-state index in [1.54, 1.807) is 11.9 Å². The molecular weight excluding hydrogens is 451 g/mol. The fourth-order valence-corrected chi connectivity index (χ4v) is 4.57. The number of amides is 2. The van der Waals surface area contributed by atoms with Gasteiger partial charge in [0.2, 0.25) is 0 Å². The highest BCUT2D eigenvalue weighted by molar-refractivity contribution is 7.97. The lowest BCUT2D eigenvalue weighted by molar-refractivity contribution is 0.0943. The van der Waals surface area contributed by atoms with Crippen molar-refractivity contribution in [3.8, 4) is 0 Å². The molecule has 2 aromatic rings. The van der Waals surface area contributed by atoms with Crippen LogP contribution in [0, 0.1) is 5.82 Å². The summed E-state index contributed by atoms with van der Waals surface area (Å²) >= 11 is 7.43. The van der Waals surface area contributed by atoms with Crippen molar-refractivity contribution in [3.05, 3.63) is 53.3 Å². The van der Waals surface area contributed by atoms with Crippen molar-refractivity contribution in [1.82, 2.24) is 9.21 Å². The van der Waals surface area contributed by atoms with E-state index >= 15 is 0 Å². The number of nitrogens with zero attached hydrogens (tertiary/aromatic N) is 2. The van der Waals surface area contributed by atoms with Crippen molar-refractivity contribution in [2.75, 3.05) is 43.9 Å². The van der Waals surface area contributed by atoms with Gasteiger partial charge in [0.15, 0.2) is 0 Å². The number of urea groups is 1. The van der Waals surface area contributed by atoms with Gasteiger partial charge in [-0.15, -0.1) is 0 Å². The van der Waals surface area contributed by atoms with Gasteiger partial charge in [-0.3, -0.25) is 0 Å². The molecule has 0 saturated carbocycles. The summed E-state index contributed by atoms with van der Waals surface area (Å²) in [6.07, 6.45) is 4.39. The third-order valence-corrected chi connectivity index (χ3v) is 6.67. The summed E-state index contributed by atoms with van der Waals surface area (Å²) in [4.78, 5) is 15.4. The predicted octanol–water partition coefficient (Wildman–Crippen LogP) is 5.30. The summed E-state index contributed by atoms with van der Waals surface area (Å²) in [5.41, 5.74) is 1.12. The molecule has 0 aromatic heterocycles. The van der Waals surface area contributed by atoms with Crippen LogP contribution in [0.5, 0.6) is 0 Å². The van der Waals surface area contributed by atoms with Gasteiger partial charge in [-0.25, -0.2) is 13.5 Å². The minimum atomic E-state index is -0.520. The van der Waals surface area contributed by atoms with Crippen LogP contribution in [0.2, 0.25) is 5.02 Å². The van der Waals surface area contributed by atoms with Gasteiger partial charge in [0.25, 0.3) is 0 Å². The average Bonchev–Trinajstić information content (AvgIpc) is 3.28. The maximum absolute atomic E-state index is 13.1. The first kappa shape index (κ1) is 24.8. The molecule has 2 saturated heterocycles. The van der Waals surface area contributed by atoms with E-state index < -0.39 is 11.8 Å². The maximum Gasteiger partial charge on any atom is 0.323 e. The number of anilines is 2. The molecule has 2 amide bonds. The molecule has 2 aliphatic rings. The zero-order valence-corrected chi connectivity index (χ0v) is 19.8. The van der Waals surface area contributed by atoms with Crippen molar-refractivity contribution < 1.29 is 14.3 Å².